The summed E-state index contributed by atoms with van der Waals surface area (Å²) in [4.78, 5) is 55.4. The first-order valence-corrected chi connectivity index (χ1v) is 11.1. The third-order valence-corrected chi connectivity index (χ3v) is 5.91. The van der Waals surface area contributed by atoms with Gasteiger partial charge in [0.15, 0.2) is 5.76 Å². The van der Waals surface area contributed by atoms with Crippen molar-refractivity contribution in [1.82, 2.24) is 20.0 Å². The van der Waals surface area contributed by atoms with Gasteiger partial charge in [0.2, 0.25) is 17.7 Å². The van der Waals surface area contributed by atoms with E-state index in [1.165, 1.54) is 35.4 Å². The second-order valence-electron chi connectivity index (χ2n) is 8.20. The quantitative estimate of drug-likeness (QED) is 0.635. The number of rotatable bonds is 6. The molecule has 34 heavy (non-hydrogen) atoms. The molecule has 2 aliphatic heterocycles. The summed E-state index contributed by atoms with van der Waals surface area (Å²) in [7, 11) is 0. The van der Waals surface area contributed by atoms with Crippen molar-refractivity contribution in [3.8, 4) is 0 Å². The Kier molecular flexibility index (Phi) is 7.21. The van der Waals surface area contributed by atoms with Crippen molar-refractivity contribution in [1.29, 1.82) is 0 Å². The number of halogens is 1. The maximum Gasteiger partial charge on any atom is 0.289 e. The van der Waals surface area contributed by atoms with Crippen molar-refractivity contribution in [2.24, 2.45) is 0 Å². The number of carbonyl (C=O) groups excluding carboxylic acids is 4. The molecule has 0 bridgehead atoms. The molecule has 4 rings (SSSR count). The van der Waals surface area contributed by atoms with Crippen molar-refractivity contribution >= 4 is 29.3 Å². The van der Waals surface area contributed by atoms with E-state index >= 15 is 0 Å². The molecule has 180 valence electrons. The van der Waals surface area contributed by atoms with Crippen molar-refractivity contribution < 1.29 is 28.0 Å². The van der Waals surface area contributed by atoms with Crippen molar-refractivity contribution in [3.05, 3.63) is 54.2 Å². The third-order valence-electron chi connectivity index (χ3n) is 5.91. The van der Waals surface area contributed by atoms with Crippen molar-refractivity contribution in [2.75, 3.05) is 51.1 Å². The Balaban J connectivity index is 1.31. The van der Waals surface area contributed by atoms with Gasteiger partial charge in [-0.05, 0) is 36.4 Å². The van der Waals surface area contributed by atoms with E-state index in [1.807, 2.05) is 4.90 Å². The summed E-state index contributed by atoms with van der Waals surface area (Å²) in [5.41, 5.74) is 0.405. The number of nitrogens with zero attached hydrogens (tertiary/aromatic N) is 3. The van der Waals surface area contributed by atoms with Gasteiger partial charge in [0.1, 0.15) is 11.9 Å². The Morgan fingerprint density at radius 1 is 1.06 bits per heavy atom. The average molecular weight is 471 g/mol. The molecule has 3 heterocycles. The van der Waals surface area contributed by atoms with E-state index in [4.69, 9.17) is 4.42 Å². The number of benzene rings is 1. The molecular weight excluding hydrogens is 445 g/mol. The lowest BCUT2D eigenvalue weighted by Gasteiger charge is -2.38. The first-order valence-electron chi connectivity index (χ1n) is 11.1. The molecule has 2 fully saturated rings. The fraction of sp³-hybridized carbons (Fsp3) is 0.391. The van der Waals surface area contributed by atoms with Gasteiger partial charge >= 0.3 is 0 Å². The highest BCUT2D eigenvalue weighted by Crippen LogP contribution is 2.15. The lowest BCUT2D eigenvalue weighted by Crippen LogP contribution is -2.60. The number of nitrogens with one attached hydrogen (secondary N) is 2. The van der Waals surface area contributed by atoms with Gasteiger partial charge < -0.3 is 24.9 Å². The van der Waals surface area contributed by atoms with Gasteiger partial charge in [-0.3, -0.25) is 24.1 Å². The van der Waals surface area contributed by atoms with Crippen molar-refractivity contribution in [2.45, 2.75) is 12.5 Å². The summed E-state index contributed by atoms with van der Waals surface area (Å²) in [5.74, 6) is -1.41. The number of hydrogen-bond donors (Lipinski definition) is 2. The summed E-state index contributed by atoms with van der Waals surface area (Å²) in [6.45, 7) is 2.63. The van der Waals surface area contributed by atoms with Crippen LogP contribution in [0.25, 0.3) is 0 Å². The van der Waals surface area contributed by atoms with Gasteiger partial charge in [-0.1, -0.05) is 0 Å². The molecular formula is C23H26FN5O5. The van der Waals surface area contributed by atoms with Crippen LogP contribution in [0.2, 0.25) is 0 Å². The van der Waals surface area contributed by atoms with Crippen LogP contribution in [0.4, 0.5) is 10.1 Å². The first kappa shape index (κ1) is 23.4. The first-order chi connectivity index (χ1) is 16.4. The minimum atomic E-state index is -0.927. The number of carbonyl (C=O) groups is 4. The molecule has 1 aromatic heterocycles. The Labute approximate surface area is 195 Å². The van der Waals surface area contributed by atoms with Gasteiger partial charge in [0, 0.05) is 45.0 Å². The fourth-order valence-electron chi connectivity index (χ4n) is 4.08. The van der Waals surface area contributed by atoms with Crippen LogP contribution in [0.15, 0.2) is 47.1 Å². The number of furan rings is 1. The van der Waals surface area contributed by atoms with Crippen LogP contribution in [0, 0.1) is 5.82 Å². The number of hydrogen-bond acceptors (Lipinski definition) is 6. The van der Waals surface area contributed by atoms with Crippen LogP contribution < -0.4 is 10.6 Å². The molecule has 2 saturated heterocycles. The second kappa shape index (κ2) is 10.5. The zero-order chi connectivity index (χ0) is 24.1. The highest BCUT2D eigenvalue weighted by molar-refractivity contribution is 5.97. The molecule has 0 saturated carbocycles. The summed E-state index contributed by atoms with van der Waals surface area (Å²) < 4.78 is 18.2. The number of piperazine rings is 2. The SMILES string of the molecule is O=C(C[C@@H]1C(=O)NCCN1C(=O)CN1CCN(C(=O)c2ccco2)CC1)Nc1ccc(F)cc1. The van der Waals surface area contributed by atoms with E-state index in [9.17, 15) is 23.6 Å². The lowest BCUT2D eigenvalue weighted by atomic mass is 10.1. The van der Waals surface area contributed by atoms with E-state index < -0.39 is 17.8 Å². The van der Waals surface area contributed by atoms with Gasteiger partial charge in [0.25, 0.3) is 5.91 Å². The van der Waals surface area contributed by atoms with Gasteiger partial charge in [-0.2, -0.15) is 0 Å². The Morgan fingerprint density at radius 3 is 2.47 bits per heavy atom. The molecule has 4 amide bonds. The maximum atomic E-state index is 13.1. The Bertz CT molecular complexity index is 1030. The standard InChI is InChI=1S/C23H26FN5O5/c24-16-3-5-17(6-4-16)26-20(30)14-18-22(32)25-7-8-29(18)21(31)15-27-9-11-28(12-10-27)23(33)19-2-1-13-34-19/h1-6,13,18H,7-12,14-15H2,(H,25,32)(H,26,30)/t18-/m1/s1. The Morgan fingerprint density at radius 2 is 1.79 bits per heavy atom. The summed E-state index contributed by atoms with van der Waals surface area (Å²) >= 11 is 0. The van der Waals surface area contributed by atoms with E-state index in [1.54, 1.807) is 17.0 Å². The zero-order valence-electron chi connectivity index (χ0n) is 18.5. The predicted molar refractivity (Wildman–Crippen MR) is 119 cm³/mol. The van der Waals surface area contributed by atoms with Crippen LogP contribution >= 0.6 is 0 Å². The van der Waals surface area contributed by atoms with Crippen LogP contribution in [0.5, 0.6) is 0 Å². The Hall–Kier alpha value is -3.73. The average Bonchev–Trinajstić information content (AvgIpc) is 3.37. The largest absolute Gasteiger partial charge is 0.459 e. The maximum absolute atomic E-state index is 13.1. The molecule has 2 aliphatic rings. The van der Waals surface area contributed by atoms with Gasteiger partial charge in [-0.25, -0.2) is 4.39 Å². The second-order valence-corrected chi connectivity index (χ2v) is 8.20. The topological polar surface area (TPSA) is 115 Å². The molecule has 1 aromatic carbocycles. The van der Waals surface area contributed by atoms with E-state index in [0.29, 0.717) is 45.0 Å². The summed E-state index contributed by atoms with van der Waals surface area (Å²) in [5, 5.41) is 5.33. The molecule has 0 radical (unpaired) electrons. The minimum Gasteiger partial charge on any atom is -0.459 e. The van der Waals surface area contributed by atoms with Crippen LogP contribution in [-0.2, 0) is 14.4 Å². The van der Waals surface area contributed by atoms with Crippen LogP contribution in [-0.4, -0.2) is 90.2 Å². The monoisotopic (exact) mass is 471 g/mol. The molecule has 0 unspecified atom stereocenters. The van der Waals surface area contributed by atoms with Crippen LogP contribution in [0.3, 0.4) is 0 Å². The van der Waals surface area contributed by atoms with E-state index in [0.717, 1.165) is 0 Å². The van der Waals surface area contributed by atoms with Crippen molar-refractivity contribution in [3.63, 3.8) is 0 Å². The molecule has 2 aromatic rings. The minimum absolute atomic E-state index is 0.0894. The normalized spacial score (nSPS) is 19.0. The van der Waals surface area contributed by atoms with Gasteiger partial charge in [0.05, 0.1) is 19.2 Å². The predicted octanol–water partition coefficient (Wildman–Crippen LogP) is 0.532. The van der Waals surface area contributed by atoms with E-state index in [2.05, 4.69) is 10.6 Å². The third kappa shape index (κ3) is 5.60. The fourth-order valence-corrected chi connectivity index (χ4v) is 4.08. The highest BCUT2D eigenvalue weighted by atomic mass is 19.1. The molecule has 10 nitrogen and oxygen atoms in total. The molecule has 2 N–H and O–H groups in total. The van der Waals surface area contributed by atoms with E-state index in [-0.39, 0.29) is 36.4 Å². The summed E-state index contributed by atoms with van der Waals surface area (Å²) in [6.07, 6.45) is 1.24. The molecule has 0 aliphatic carbocycles. The molecule has 1 atom stereocenters. The van der Waals surface area contributed by atoms with Crippen LogP contribution in [0.1, 0.15) is 17.0 Å². The number of amides is 4. The molecule has 0 spiro atoms. The number of anilines is 1. The smallest absolute Gasteiger partial charge is 0.289 e. The molecule has 11 heteroatoms. The lowest BCUT2D eigenvalue weighted by molar-refractivity contribution is -0.145. The van der Waals surface area contributed by atoms with Gasteiger partial charge in [-0.15, -0.1) is 0 Å². The highest BCUT2D eigenvalue weighted by Gasteiger charge is 2.35. The summed E-state index contributed by atoms with van der Waals surface area (Å²) in [6, 6.07) is 7.64. The zero-order valence-corrected chi connectivity index (χ0v) is 18.5.